The lowest BCUT2D eigenvalue weighted by Crippen LogP contribution is -2.04. The van der Waals surface area contributed by atoms with Crippen LogP contribution in [0, 0.1) is 6.92 Å². The molecular weight excluding hydrogens is 284 g/mol. The van der Waals surface area contributed by atoms with Crippen molar-refractivity contribution in [1.29, 1.82) is 0 Å². The summed E-state index contributed by atoms with van der Waals surface area (Å²) in [6.07, 6.45) is 0. The number of carbonyl (C=O) groups excluding carboxylic acids is 1. The lowest BCUT2D eigenvalue weighted by molar-refractivity contribution is -0.114. The second-order valence-electron chi connectivity index (χ2n) is 4.88. The van der Waals surface area contributed by atoms with E-state index in [0.29, 0.717) is 5.13 Å². The Morgan fingerprint density at radius 2 is 2.05 bits per heavy atom. The Morgan fingerprint density at radius 3 is 2.81 bits per heavy atom. The number of anilines is 1. The topological polar surface area (TPSA) is 62.2 Å². The SMILES string of the molecule is CC(=O)Nc1nc2ccc(-c3cc(O)ccc3C)cc2s1. The molecule has 3 rings (SSSR count). The molecule has 5 heteroatoms. The zero-order valence-electron chi connectivity index (χ0n) is 11.7. The van der Waals surface area contributed by atoms with Gasteiger partial charge in [-0.2, -0.15) is 0 Å². The van der Waals surface area contributed by atoms with Crippen LogP contribution in [0.5, 0.6) is 5.75 Å². The van der Waals surface area contributed by atoms with E-state index in [1.165, 1.54) is 18.3 Å². The van der Waals surface area contributed by atoms with E-state index in [-0.39, 0.29) is 11.7 Å². The van der Waals surface area contributed by atoms with Crippen LogP contribution in [-0.2, 0) is 4.79 Å². The van der Waals surface area contributed by atoms with E-state index in [9.17, 15) is 9.90 Å². The van der Waals surface area contributed by atoms with Crippen molar-refractivity contribution >= 4 is 32.6 Å². The van der Waals surface area contributed by atoms with Crippen LogP contribution in [0.3, 0.4) is 0 Å². The fraction of sp³-hybridized carbons (Fsp3) is 0.125. The van der Waals surface area contributed by atoms with E-state index in [1.807, 2.05) is 31.2 Å². The molecule has 0 saturated heterocycles. The maximum absolute atomic E-state index is 11.1. The highest BCUT2D eigenvalue weighted by molar-refractivity contribution is 7.22. The number of hydrogen-bond acceptors (Lipinski definition) is 4. The molecule has 0 fully saturated rings. The lowest BCUT2D eigenvalue weighted by atomic mass is 10.0. The second-order valence-corrected chi connectivity index (χ2v) is 5.91. The zero-order chi connectivity index (χ0) is 15.0. The van der Waals surface area contributed by atoms with Gasteiger partial charge in [-0.05, 0) is 47.9 Å². The third-order valence-corrected chi connectivity index (χ3v) is 4.14. The number of benzene rings is 2. The quantitative estimate of drug-likeness (QED) is 0.753. The molecular formula is C16H14N2O2S. The van der Waals surface area contributed by atoms with Crippen LogP contribution in [0.4, 0.5) is 5.13 Å². The van der Waals surface area contributed by atoms with Crippen LogP contribution < -0.4 is 5.32 Å². The summed E-state index contributed by atoms with van der Waals surface area (Å²) in [6.45, 7) is 3.47. The number of phenols is 1. The van der Waals surface area contributed by atoms with E-state index in [4.69, 9.17) is 0 Å². The average molecular weight is 298 g/mol. The Balaban J connectivity index is 2.08. The van der Waals surface area contributed by atoms with Gasteiger partial charge in [0.15, 0.2) is 5.13 Å². The average Bonchev–Trinajstić information content (AvgIpc) is 2.81. The summed E-state index contributed by atoms with van der Waals surface area (Å²) in [7, 11) is 0. The number of nitrogens with zero attached hydrogens (tertiary/aromatic N) is 1. The minimum Gasteiger partial charge on any atom is -0.508 e. The standard InChI is InChI=1S/C16H14N2O2S/c1-9-3-5-12(20)8-13(9)11-4-6-14-15(7-11)21-16(18-14)17-10(2)19/h3-8,20H,1-2H3,(H,17,18,19). The maximum atomic E-state index is 11.1. The molecule has 2 N–H and O–H groups in total. The molecule has 0 aliphatic rings. The van der Waals surface area contributed by atoms with Crippen LogP contribution in [0.15, 0.2) is 36.4 Å². The number of rotatable bonds is 2. The molecule has 0 atom stereocenters. The van der Waals surface area contributed by atoms with E-state index in [1.54, 1.807) is 12.1 Å². The number of amides is 1. The van der Waals surface area contributed by atoms with Gasteiger partial charge in [-0.25, -0.2) is 4.98 Å². The summed E-state index contributed by atoms with van der Waals surface area (Å²) in [6, 6.07) is 11.3. The number of phenolic OH excluding ortho intramolecular Hbond substituents is 1. The fourth-order valence-corrected chi connectivity index (χ4v) is 3.17. The molecule has 106 valence electrons. The van der Waals surface area contributed by atoms with E-state index in [2.05, 4.69) is 10.3 Å². The van der Waals surface area contributed by atoms with Gasteiger partial charge in [-0.15, -0.1) is 0 Å². The number of aryl methyl sites for hydroxylation is 1. The van der Waals surface area contributed by atoms with Gasteiger partial charge < -0.3 is 10.4 Å². The van der Waals surface area contributed by atoms with Crippen molar-refractivity contribution in [3.63, 3.8) is 0 Å². The maximum Gasteiger partial charge on any atom is 0.223 e. The second kappa shape index (κ2) is 5.18. The van der Waals surface area contributed by atoms with Crippen LogP contribution in [0.25, 0.3) is 21.3 Å². The molecule has 2 aromatic carbocycles. The Bertz CT molecular complexity index is 839. The van der Waals surface area contributed by atoms with Crippen molar-refractivity contribution in [2.24, 2.45) is 0 Å². The summed E-state index contributed by atoms with van der Waals surface area (Å²) >= 11 is 1.44. The van der Waals surface area contributed by atoms with Crippen molar-refractivity contribution in [3.8, 4) is 16.9 Å². The largest absolute Gasteiger partial charge is 0.508 e. The molecule has 21 heavy (non-hydrogen) atoms. The molecule has 0 radical (unpaired) electrons. The predicted octanol–water partition coefficient (Wildman–Crippen LogP) is 3.94. The Hall–Kier alpha value is -2.40. The number of nitrogens with one attached hydrogen (secondary N) is 1. The number of hydrogen-bond donors (Lipinski definition) is 2. The normalized spacial score (nSPS) is 10.8. The van der Waals surface area contributed by atoms with Crippen LogP contribution >= 0.6 is 11.3 Å². The van der Waals surface area contributed by atoms with Crippen molar-refractivity contribution in [2.75, 3.05) is 5.32 Å². The van der Waals surface area contributed by atoms with E-state index >= 15 is 0 Å². The predicted molar refractivity (Wildman–Crippen MR) is 85.8 cm³/mol. The lowest BCUT2D eigenvalue weighted by Gasteiger charge is -2.06. The van der Waals surface area contributed by atoms with Gasteiger partial charge in [0.2, 0.25) is 5.91 Å². The third kappa shape index (κ3) is 2.73. The number of fused-ring (bicyclic) bond motifs is 1. The van der Waals surface area contributed by atoms with Crippen LogP contribution in [0.2, 0.25) is 0 Å². The summed E-state index contributed by atoms with van der Waals surface area (Å²) in [5.74, 6) is 0.122. The fourth-order valence-electron chi connectivity index (χ4n) is 2.22. The summed E-state index contributed by atoms with van der Waals surface area (Å²) in [4.78, 5) is 15.5. The molecule has 0 saturated carbocycles. The first-order valence-corrected chi connectivity index (χ1v) is 7.33. The number of aromatic nitrogens is 1. The van der Waals surface area contributed by atoms with Crippen LogP contribution in [-0.4, -0.2) is 16.0 Å². The minimum absolute atomic E-state index is 0.127. The molecule has 1 amide bonds. The molecule has 0 spiro atoms. The molecule has 1 heterocycles. The molecule has 4 nitrogen and oxygen atoms in total. The van der Waals surface area contributed by atoms with Gasteiger partial charge in [-0.3, -0.25) is 4.79 Å². The van der Waals surface area contributed by atoms with Crippen molar-refractivity contribution in [1.82, 2.24) is 4.98 Å². The number of thiazole rings is 1. The van der Waals surface area contributed by atoms with Crippen molar-refractivity contribution < 1.29 is 9.90 Å². The number of carbonyl (C=O) groups is 1. The Labute approximate surface area is 126 Å². The van der Waals surface area contributed by atoms with Gasteiger partial charge in [0.05, 0.1) is 10.2 Å². The molecule has 0 unspecified atom stereocenters. The highest BCUT2D eigenvalue weighted by atomic mass is 32.1. The minimum atomic E-state index is -0.127. The van der Waals surface area contributed by atoms with Gasteiger partial charge in [0, 0.05) is 6.92 Å². The summed E-state index contributed by atoms with van der Waals surface area (Å²) in [5.41, 5.74) is 3.96. The first kappa shape index (κ1) is 13.6. The summed E-state index contributed by atoms with van der Waals surface area (Å²) in [5, 5.41) is 13.0. The van der Waals surface area contributed by atoms with Gasteiger partial charge >= 0.3 is 0 Å². The van der Waals surface area contributed by atoms with Crippen molar-refractivity contribution in [3.05, 3.63) is 42.0 Å². The first-order valence-electron chi connectivity index (χ1n) is 6.51. The molecule has 0 aliphatic heterocycles. The zero-order valence-corrected chi connectivity index (χ0v) is 12.5. The molecule has 0 bridgehead atoms. The number of aromatic hydroxyl groups is 1. The van der Waals surface area contributed by atoms with E-state index in [0.717, 1.165) is 26.9 Å². The van der Waals surface area contributed by atoms with Crippen LogP contribution in [0.1, 0.15) is 12.5 Å². The highest BCUT2D eigenvalue weighted by Crippen LogP contribution is 2.33. The Kier molecular flexibility index (Phi) is 3.35. The first-order chi connectivity index (χ1) is 10.0. The molecule has 0 aliphatic carbocycles. The van der Waals surface area contributed by atoms with Gasteiger partial charge in [-0.1, -0.05) is 23.5 Å². The van der Waals surface area contributed by atoms with Crippen molar-refractivity contribution in [2.45, 2.75) is 13.8 Å². The third-order valence-electron chi connectivity index (χ3n) is 3.20. The molecule has 3 aromatic rings. The monoisotopic (exact) mass is 298 g/mol. The highest BCUT2D eigenvalue weighted by Gasteiger charge is 2.08. The smallest absolute Gasteiger partial charge is 0.223 e. The van der Waals surface area contributed by atoms with Gasteiger partial charge in [0.1, 0.15) is 5.75 Å². The molecule has 1 aromatic heterocycles. The summed E-state index contributed by atoms with van der Waals surface area (Å²) < 4.78 is 0.999. The Morgan fingerprint density at radius 1 is 1.24 bits per heavy atom. The van der Waals surface area contributed by atoms with E-state index < -0.39 is 0 Å². The van der Waals surface area contributed by atoms with Gasteiger partial charge in [0.25, 0.3) is 0 Å².